The lowest BCUT2D eigenvalue weighted by Gasteiger charge is -2.11. The Morgan fingerprint density at radius 1 is 0.930 bits per heavy atom. The van der Waals surface area contributed by atoms with Crippen LogP contribution >= 0.6 is 0 Å². The normalized spacial score (nSPS) is 11.2. The molecule has 0 atom stereocenters. The average Bonchev–Trinajstić information content (AvgIpc) is 3.69. The van der Waals surface area contributed by atoms with E-state index in [1.165, 1.54) is 19.4 Å². The Labute approximate surface area is 248 Å². The number of benzene rings is 2. The van der Waals surface area contributed by atoms with E-state index in [2.05, 4.69) is 41.1 Å². The quantitative estimate of drug-likeness (QED) is 0.116. The van der Waals surface area contributed by atoms with Crippen molar-refractivity contribution < 1.29 is 23.6 Å². The molecule has 5 aromatic rings. The first-order valence-corrected chi connectivity index (χ1v) is 13.5. The number of hydrogen-bond acceptors (Lipinski definition) is 7. The SMILES string of the molecule is COc1ccc(-n2c(C)cc(/C=N/NC(=O)c3ccc(COc4ccc(-n5c(C)ccc5C)cc4)o3)c2C)c([N+](=O)[O-])c1. The summed E-state index contributed by atoms with van der Waals surface area (Å²) >= 11 is 0. The third-order valence-electron chi connectivity index (χ3n) is 7.09. The first kappa shape index (κ1) is 28.9. The molecule has 3 heterocycles. The van der Waals surface area contributed by atoms with Crippen molar-refractivity contribution in [3.8, 4) is 22.9 Å². The standard InChI is InChI=1S/C32H31N5O6/c1-20-6-7-21(2)35(20)25-8-10-26(11-9-25)42-19-28-13-15-31(43-28)32(38)34-33-18-24-16-22(3)36(23(24)4)29-14-12-27(41-5)17-30(29)37(39)40/h6-18H,19H2,1-5H3,(H,34,38)/b33-18+. The van der Waals surface area contributed by atoms with Gasteiger partial charge in [0.05, 0.1) is 24.3 Å². The molecule has 0 saturated carbocycles. The van der Waals surface area contributed by atoms with Crippen molar-refractivity contribution in [2.75, 3.05) is 7.11 Å². The van der Waals surface area contributed by atoms with E-state index < -0.39 is 10.8 Å². The highest BCUT2D eigenvalue weighted by Gasteiger charge is 2.20. The topological polar surface area (TPSA) is 126 Å². The molecule has 0 aliphatic heterocycles. The van der Waals surface area contributed by atoms with Crippen LogP contribution in [-0.4, -0.2) is 33.3 Å². The van der Waals surface area contributed by atoms with Crippen LogP contribution in [0.1, 0.15) is 44.7 Å². The number of nitro benzene ring substituents is 1. The number of carbonyl (C=O) groups excluding carboxylic acids is 1. The van der Waals surface area contributed by atoms with Crippen LogP contribution in [0.25, 0.3) is 11.4 Å². The van der Waals surface area contributed by atoms with Gasteiger partial charge in [0.1, 0.15) is 29.6 Å². The van der Waals surface area contributed by atoms with Crippen LogP contribution in [0.5, 0.6) is 11.5 Å². The molecule has 220 valence electrons. The fourth-order valence-electron chi connectivity index (χ4n) is 4.97. The number of rotatable bonds is 10. The summed E-state index contributed by atoms with van der Waals surface area (Å²) in [5, 5.41) is 15.8. The van der Waals surface area contributed by atoms with Gasteiger partial charge in [0.2, 0.25) is 0 Å². The Balaban J connectivity index is 1.21. The average molecular weight is 582 g/mol. The molecule has 0 spiro atoms. The molecular formula is C32H31N5O6. The van der Waals surface area contributed by atoms with E-state index >= 15 is 0 Å². The molecular weight excluding hydrogens is 550 g/mol. The third-order valence-corrected chi connectivity index (χ3v) is 7.09. The lowest BCUT2D eigenvalue weighted by Crippen LogP contribution is -2.16. The monoisotopic (exact) mass is 581 g/mol. The summed E-state index contributed by atoms with van der Waals surface area (Å²) in [6.45, 7) is 7.93. The van der Waals surface area contributed by atoms with E-state index in [0.29, 0.717) is 34.2 Å². The predicted octanol–water partition coefficient (Wildman–Crippen LogP) is 6.35. The fraction of sp³-hybridized carbons (Fsp3) is 0.188. The number of amides is 1. The Morgan fingerprint density at radius 3 is 2.30 bits per heavy atom. The number of ether oxygens (including phenoxy) is 2. The van der Waals surface area contributed by atoms with Crippen molar-refractivity contribution in [1.29, 1.82) is 0 Å². The summed E-state index contributed by atoms with van der Waals surface area (Å²) < 4.78 is 20.6. The molecule has 0 aliphatic rings. The minimum Gasteiger partial charge on any atom is -0.496 e. The molecule has 11 nitrogen and oxygen atoms in total. The van der Waals surface area contributed by atoms with Crippen LogP contribution < -0.4 is 14.9 Å². The first-order chi connectivity index (χ1) is 20.7. The van der Waals surface area contributed by atoms with E-state index in [1.807, 2.05) is 44.2 Å². The number of methoxy groups -OCH3 is 1. The lowest BCUT2D eigenvalue weighted by molar-refractivity contribution is -0.384. The maximum absolute atomic E-state index is 12.6. The molecule has 43 heavy (non-hydrogen) atoms. The summed E-state index contributed by atoms with van der Waals surface area (Å²) in [6, 6.07) is 21.7. The number of nitrogens with zero attached hydrogens (tertiary/aromatic N) is 4. The summed E-state index contributed by atoms with van der Waals surface area (Å²) in [7, 11) is 1.46. The zero-order valence-electron chi connectivity index (χ0n) is 24.5. The zero-order valence-corrected chi connectivity index (χ0v) is 24.5. The Morgan fingerprint density at radius 2 is 1.63 bits per heavy atom. The summed E-state index contributed by atoms with van der Waals surface area (Å²) in [4.78, 5) is 23.9. The molecule has 2 aromatic carbocycles. The number of nitro groups is 1. The molecule has 11 heteroatoms. The highest BCUT2D eigenvalue weighted by Crippen LogP contribution is 2.31. The highest BCUT2D eigenvalue weighted by molar-refractivity contribution is 5.92. The van der Waals surface area contributed by atoms with Gasteiger partial charge in [-0.3, -0.25) is 14.9 Å². The van der Waals surface area contributed by atoms with Gasteiger partial charge < -0.3 is 23.0 Å². The van der Waals surface area contributed by atoms with Gasteiger partial charge in [0.25, 0.3) is 5.69 Å². The van der Waals surface area contributed by atoms with Gasteiger partial charge in [-0.25, -0.2) is 5.43 Å². The molecule has 0 aliphatic carbocycles. The molecule has 0 radical (unpaired) electrons. The Kier molecular flexibility index (Phi) is 8.15. The second-order valence-electron chi connectivity index (χ2n) is 9.97. The molecule has 0 bridgehead atoms. The first-order valence-electron chi connectivity index (χ1n) is 13.5. The van der Waals surface area contributed by atoms with Crippen LogP contribution in [0.2, 0.25) is 0 Å². The smallest absolute Gasteiger partial charge is 0.307 e. The van der Waals surface area contributed by atoms with Gasteiger partial charge in [-0.15, -0.1) is 0 Å². The maximum Gasteiger partial charge on any atom is 0.307 e. The summed E-state index contributed by atoms with van der Waals surface area (Å²) in [6.07, 6.45) is 1.49. The minimum atomic E-state index is -0.524. The number of furan rings is 1. The maximum atomic E-state index is 12.6. The van der Waals surface area contributed by atoms with Crippen LogP contribution in [0.15, 0.2) is 82.3 Å². The number of nitrogens with one attached hydrogen (secondary N) is 1. The van der Waals surface area contributed by atoms with E-state index in [4.69, 9.17) is 13.9 Å². The molecule has 0 unspecified atom stereocenters. The van der Waals surface area contributed by atoms with Gasteiger partial charge in [0, 0.05) is 34.0 Å². The van der Waals surface area contributed by atoms with E-state index in [9.17, 15) is 14.9 Å². The Hall–Kier alpha value is -5.58. The van der Waals surface area contributed by atoms with Crippen molar-refractivity contribution >= 4 is 17.8 Å². The number of carbonyl (C=O) groups is 1. The van der Waals surface area contributed by atoms with E-state index in [-0.39, 0.29) is 18.1 Å². The highest BCUT2D eigenvalue weighted by atomic mass is 16.6. The third kappa shape index (κ3) is 6.05. The van der Waals surface area contributed by atoms with Gasteiger partial charge in [-0.2, -0.15) is 5.10 Å². The molecule has 0 fully saturated rings. The second kappa shape index (κ2) is 12.1. The number of aryl methyl sites for hydroxylation is 3. The largest absolute Gasteiger partial charge is 0.496 e. The molecule has 3 aromatic heterocycles. The van der Waals surface area contributed by atoms with Crippen molar-refractivity contribution in [3.05, 3.63) is 123 Å². The van der Waals surface area contributed by atoms with Gasteiger partial charge in [-0.05, 0) is 94.4 Å². The van der Waals surface area contributed by atoms with Crippen molar-refractivity contribution in [1.82, 2.24) is 14.6 Å². The van der Waals surface area contributed by atoms with E-state index in [1.54, 1.807) is 28.8 Å². The van der Waals surface area contributed by atoms with Crippen molar-refractivity contribution in [2.24, 2.45) is 5.10 Å². The van der Waals surface area contributed by atoms with Gasteiger partial charge >= 0.3 is 5.91 Å². The van der Waals surface area contributed by atoms with Crippen LogP contribution in [0.4, 0.5) is 5.69 Å². The number of aromatic nitrogens is 2. The molecule has 1 N–H and O–H groups in total. The summed E-state index contributed by atoms with van der Waals surface area (Å²) in [5.41, 5.74) is 8.29. The molecule has 5 rings (SSSR count). The predicted molar refractivity (Wildman–Crippen MR) is 162 cm³/mol. The Bertz CT molecular complexity index is 1810. The van der Waals surface area contributed by atoms with Crippen LogP contribution in [-0.2, 0) is 6.61 Å². The molecule has 0 saturated heterocycles. The van der Waals surface area contributed by atoms with Crippen LogP contribution in [0.3, 0.4) is 0 Å². The van der Waals surface area contributed by atoms with Gasteiger partial charge in [-0.1, -0.05) is 0 Å². The van der Waals surface area contributed by atoms with Gasteiger partial charge in [0.15, 0.2) is 5.76 Å². The van der Waals surface area contributed by atoms with Crippen molar-refractivity contribution in [3.63, 3.8) is 0 Å². The number of hydrogen-bond donors (Lipinski definition) is 1. The van der Waals surface area contributed by atoms with Crippen LogP contribution in [0, 0.1) is 37.8 Å². The fourth-order valence-corrected chi connectivity index (χ4v) is 4.97. The van der Waals surface area contributed by atoms with Crippen molar-refractivity contribution in [2.45, 2.75) is 34.3 Å². The summed E-state index contributed by atoms with van der Waals surface area (Å²) in [5.74, 6) is 1.12. The van der Waals surface area contributed by atoms with E-state index in [0.717, 1.165) is 22.8 Å². The zero-order chi connectivity index (χ0) is 30.7. The number of hydrazone groups is 1. The molecule has 1 amide bonds. The minimum absolute atomic E-state index is 0.0870. The second-order valence-corrected chi connectivity index (χ2v) is 9.97. The lowest BCUT2D eigenvalue weighted by atomic mass is 10.2.